The lowest BCUT2D eigenvalue weighted by Crippen LogP contribution is -2.33. The van der Waals surface area contributed by atoms with E-state index in [1.165, 1.54) is 12.8 Å². The number of amides is 1. The maximum Gasteiger partial charge on any atom is 0.221 e. The Balaban J connectivity index is 2.10. The predicted molar refractivity (Wildman–Crippen MR) is 51.3 cm³/mol. The zero-order valence-corrected chi connectivity index (χ0v) is 7.84. The summed E-state index contributed by atoms with van der Waals surface area (Å²) in [5, 5.41) is 5.56. The summed E-state index contributed by atoms with van der Waals surface area (Å²) in [6.45, 7) is 0.450. The second-order valence-electron chi connectivity index (χ2n) is 3.11. The molecular formula is C8H16N4O. The number of guanidine groups is 1. The second-order valence-corrected chi connectivity index (χ2v) is 3.11. The van der Waals surface area contributed by atoms with E-state index < -0.39 is 0 Å². The molecule has 0 bridgehead atoms. The van der Waals surface area contributed by atoms with Crippen LogP contribution in [0.5, 0.6) is 0 Å². The minimum Gasteiger partial charge on any atom is -0.370 e. The van der Waals surface area contributed by atoms with Crippen molar-refractivity contribution < 1.29 is 4.79 Å². The fourth-order valence-electron chi connectivity index (χ4n) is 0.885. The van der Waals surface area contributed by atoms with Crippen LogP contribution < -0.4 is 16.4 Å². The highest BCUT2D eigenvalue weighted by molar-refractivity contribution is 5.79. The third-order valence-electron chi connectivity index (χ3n) is 1.83. The monoisotopic (exact) mass is 184 g/mol. The van der Waals surface area contributed by atoms with Crippen molar-refractivity contribution in [3.8, 4) is 0 Å². The van der Waals surface area contributed by atoms with E-state index in [1.807, 2.05) is 0 Å². The molecule has 0 heterocycles. The molecule has 0 unspecified atom stereocenters. The Morgan fingerprint density at radius 3 is 2.85 bits per heavy atom. The second kappa shape index (κ2) is 4.69. The Morgan fingerprint density at radius 1 is 1.62 bits per heavy atom. The van der Waals surface area contributed by atoms with Crippen molar-refractivity contribution in [2.45, 2.75) is 25.3 Å². The smallest absolute Gasteiger partial charge is 0.221 e. The SMILES string of the molecule is CNC(=O)CCN=C(N)NC1CC1. The first-order valence-corrected chi connectivity index (χ1v) is 4.49. The average molecular weight is 184 g/mol. The highest BCUT2D eigenvalue weighted by Gasteiger charge is 2.21. The summed E-state index contributed by atoms with van der Waals surface area (Å²) in [4.78, 5) is 14.8. The average Bonchev–Trinajstić information content (AvgIpc) is 2.88. The molecule has 0 aromatic rings. The van der Waals surface area contributed by atoms with Crippen LogP contribution in [-0.4, -0.2) is 31.5 Å². The van der Waals surface area contributed by atoms with Gasteiger partial charge >= 0.3 is 0 Å². The van der Waals surface area contributed by atoms with E-state index in [0.717, 1.165) is 0 Å². The first kappa shape index (κ1) is 9.83. The minimum absolute atomic E-state index is 0.0111. The van der Waals surface area contributed by atoms with Crippen LogP contribution in [0.2, 0.25) is 0 Å². The maximum absolute atomic E-state index is 10.8. The van der Waals surface area contributed by atoms with Gasteiger partial charge in [-0.05, 0) is 12.8 Å². The summed E-state index contributed by atoms with van der Waals surface area (Å²) in [6, 6.07) is 0.517. The third-order valence-corrected chi connectivity index (χ3v) is 1.83. The number of nitrogens with two attached hydrogens (primary N) is 1. The molecule has 4 N–H and O–H groups in total. The van der Waals surface area contributed by atoms with Crippen LogP contribution in [-0.2, 0) is 4.79 Å². The number of hydrogen-bond acceptors (Lipinski definition) is 2. The molecule has 0 atom stereocenters. The topological polar surface area (TPSA) is 79.5 Å². The van der Waals surface area contributed by atoms with Gasteiger partial charge in [0.25, 0.3) is 0 Å². The van der Waals surface area contributed by atoms with Crippen LogP contribution in [0, 0.1) is 0 Å². The molecule has 1 saturated carbocycles. The van der Waals surface area contributed by atoms with Gasteiger partial charge in [0.1, 0.15) is 0 Å². The van der Waals surface area contributed by atoms with Gasteiger partial charge in [-0.1, -0.05) is 0 Å². The third kappa shape index (κ3) is 4.35. The summed E-state index contributed by atoms with van der Waals surface area (Å²) < 4.78 is 0. The van der Waals surface area contributed by atoms with E-state index in [1.54, 1.807) is 7.05 Å². The van der Waals surface area contributed by atoms with Gasteiger partial charge in [0.15, 0.2) is 5.96 Å². The fourth-order valence-corrected chi connectivity index (χ4v) is 0.885. The van der Waals surface area contributed by atoms with Crippen molar-refractivity contribution >= 4 is 11.9 Å². The molecule has 1 aliphatic carbocycles. The van der Waals surface area contributed by atoms with Crippen LogP contribution in [0.4, 0.5) is 0 Å². The normalized spacial score (nSPS) is 16.8. The summed E-state index contributed by atoms with van der Waals surface area (Å²) in [5.41, 5.74) is 5.55. The van der Waals surface area contributed by atoms with Gasteiger partial charge in [0.2, 0.25) is 5.91 Å². The molecule has 0 spiro atoms. The van der Waals surface area contributed by atoms with Crippen LogP contribution in [0.3, 0.4) is 0 Å². The number of nitrogens with one attached hydrogen (secondary N) is 2. The first-order valence-electron chi connectivity index (χ1n) is 4.49. The molecule has 0 aliphatic heterocycles. The number of carbonyl (C=O) groups is 1. The van der Waals surface area contributed by atoms with Gasteiger partial charge in [-0.15, -0.1) is 0 Å². The molecule has 1 aliphatic rings. The molecule has 1 fully saturated rings. The highest BCUT2D eigenvalue weighted by Crippen LogP contribution is 2.17. The molecule has 0 aromatic carbocycles. The highest BCUT2D eigenvalue weighted by atomic mass is 16.1. The zero-order chi connectivity index (χ0) is 9.68. The van der Waals surface area contributed by atoms with Crippen molar-refractivity contribution in [3.05, 3.63) is 0 Å². The number of aliphatic imine (C=N–C) groups is 1. The molecule has 13 heavy (non-hydrogen) atoms. The number of hydrogen-bond donors (Lipinski definition) is 3. The zero-order valence-electron chi connectivity index (χ0n) is 7.84. The van der Waals surface area contributed by atoms with Gasteiger partial charge in [0, 0.05) is 19.5 Å². The number of rotatable bonds is 4. The van der Waals surface area contributed by atoms with Gasteiger partial charge < -0.3 is 16.4 Å². The van der Waals surface area contributed by atoms with Crippen molar-refractivity contribution in [3.63, 3.8) is 0 Å². The minimum atomic E-state index is -0.0111. The number of carbonyl (C=O) groups excluding carboxylic acids is 1. The quantitative estimate of drug-likeness (QED) is 0.395. The molecule has 0 radical (unpaired) electrons. The molecule has 1 rings (SSSR count). The standard InChI is InChI=1S/C8H16N4O/c1-10-7(13)4-5-11-8(9)12-6-2-3-6/h6H,2-5H2,1H3,(H,10,13)(H3,9,11,12). The molecule has 5 heteroatoms. The van der Waals surface area contributed by atoms with E-state index >= 15 is 0 Å². The van der Waals surface area contributed by atoms with Crippen LogP contribution >= 0.6 is 0 Å². The summed E-state index contributed by atoms with van der Waals surface area (Å²) in [6.07, 6.45) is 2.74. The van der Waals surface area contributed by atoms with Crippen LogP contribution in [0.15, 0.2) is 4.99 Å². The van der Waals surface area contributed by atoms with E-state index in [-0.39, 0.29) is 5.91 Å². The molecule has 5 nitrogen and oxygen atoms in total. The lowest BCUT2D eigenvalue weighted by atomic mass is 10.4. The predicted octanol–water partition coefficient (Wildman–Crippen LogP) is -0.811. The van der Waals surface area contributed by atoms with Gasteiger partial charge in [0.05, 0.1) is 6.54 Å². The van der Waals surface area contributed by atoms with Gasteiger partial charge in [-0.3, -0.25) is 9.79 Å². The molecule has 0 saturated heterocycles. The summed E-state index contributed by atoms with van der Waals surface area (Å²) in [7, 11) is 1.61. The Morgan fingerprint density at radius 2 is 2.31 bits per heavy atom. The Hall–Kier alpha value is -1.26. The molecular weight excluding hydrogens is 168 g/mol. The lowest BCUT2D eigenvalue weighted by Gasteiger charge is -2.02. The Bertz CT molecular complexity index is 210. The van der Waals surface area contributed by atoms with Crippen LogP contribution in [0.25, 0.3) is 0 Å². The summed E-state index contributed by atoms with van der Waals surface area (Å²) >= 11 is 0. The lowest BCUT2D eigenvalue weighted by molar-refractivity contribution is -0.120. The van der Waals surface area contributed by atoms with E-state index in [4.69, 9.17) is 5.73 Å². The van der Waals surface area contributed by atoms with Crippen molar-refractivity contribution in [2.75, 3.05) is 13.6 Å². The van der Waals surface area contributed by atoms with E-state index in [9.17, 15) is 4.79 Å². The van der Waals surface area contributed by atoms with Gasteiger partial charge in [-0.25, -0.2) is 0 Å². The van der Waals surface area contributed by atoms with Gasteiger partial charge in [-0.2, -0.15) is 0 Å². The Labute approximate surface area is 77.8 Å². The van der Waals surface area contributed by atoms with E-state index in [2.05, 4.69) is 15.6 Å². The molecule has 1 amide bonds. The largest absolute Gasteiger partial charge is 0.370 e. The Kier molecular flexibility index (Phi) is 3.54. The molecule has 0 aromatic heterocycles. The van der Waals surface area contributed by atoms with E-state index in [0.29, 0.717) is 25.0 Å². The van der Waals surface area contributed by atoms with Crippen molar-refractivity contribution in [1.29, 1.82) is 0 Å². The first-order chi connectivity index (χ1) is 6.22. The van der Waals surface area contributed by atoms with Crippen LogP contribution in [0.1, 0.15) is 19.3 Å². The molecule has 74 valence electrons. The summed E-state index contributed by atoms with van der Waals surface area (Å²) in [5.74, 6) is 0.439. The number of nitrogens with zero attached hydrogens (tertiary/aromatic N) is 1. The fraction of sp³-hybridized carbons (Fsp3) is 0.750. The van der Waals surface area contributed by atoms with Crippen molar-refractivity contribution in [2.24, 2.45) is 10.7 Å². The maximum atomic E-state index is 10.8. The van der Waals surface area contributed by atoms with Crippen molar-refractivity contribution in [1.82, 2.24) is 10.6 Å².